The number of benzene rings is 1. The molecule has 1 rings (SSSR count). The van der Waals surface area contributed by atoms with Gasteiger partial charge in [0.1, 0.15) is 6.17 Å². The first-order valence-electron chi connectivity index (χ1n) is 4.45. The third-order valence-electron chi connectivity index (χ3n) is 1.80. The Kier molecular flexibility index (Phi) is 3.55. The van der Waals surface area contributed by atoms with Crippen molar-refractivity contribution in [3.63, 3.8) is 0 Å². The standard InChI is InChI=1S/C10H11F4N/c1-7(11)6-15-9-4-2-8(3-5-9)10(12,13)14/h2-5,7,15H,6H2,1H3. The van der Waals surface area contributed by atoms with Crippen molar-refractivity contribution < 1.29 is 17.6 Å². The zero-order chi connectivity index (χ0) is 11.5. The van der Waals surface area contributed by atoms with Crippen LogP contribution in [-0.4, -0.2) is 12.7 Å². The summed E-state index contributed by atoms with van der Waals surface area (Å²) in [7, 11) is 0. The molecule has 1 unspecified atom stereocenters. The summed E-state index contributed by atoms with van der Waals surface area (Å²) < 4.78 is 48.9. The maximum atomic E-state index is 12.4. The Labute approximate surface area is 85.1 Å². The Bertz CT molecular complexity index is 302. The molecule has 0 fully saturated rings. The van der Waals surface area contributed by atoms with E-state index in [9.17, 15) is 17.6 Å². The van der Waals surface area contributed by atoms with Gasteiger partial charge in [-0.15, -0.1) is 0 Å². The molecule has 0 aliphatic heterocycles. The Morgan fingerprint density at radius 3 is 2.13 bits per heavy atom. The van der Waals surface area contributed by atoms with Crippen LogP contribution < -0.4 is 5.32 Å². The molecule has 0 saturated heterocycles. The molecular weight excluding hydrogens is 210 g/mol. The fourth-order valence-corrected chi connectivity index (χ4v) is 1.04. The molecule has 0 heterocycles. The molecule has 0 radical (unpaired) electrons. The highest BCUT2D eigenvalue weighted by Crippen LogP contribution is 2.29. The molecule has 84 valence electrons. The number of hydrogen-bond acceptors (Lipinski definition) is 1. The SMILES string of the molecule is CC(F)CNc1ccc(C(F)(F)F)cc1. The van der Waals surface area contributed by atoms with Gasteiger partial charge in [0.15, 0.2) is 0 Å². The molecule has 5 heteroatoms. The van der Waals surface area contributed by atoms with Crippen molar-refractivity contribution in [3.05, 3.63) is 29.8 Å². The molecule has 0 spiro atoms. The van der Waals surface area contributed by atoms with Crippen LogP contribution in [-0.2, 0) is 6.18 Å². The minimum Gasteiger partial charge on any atom is -0.382 e. The van der Waals surface area contributed by atoms with E-state index in [-0.39, 0.29) is 6.54 Å². The van der Waals surface area contributed by atoms with E-state index in [2.05, 4.69) is 5.32 Å². The van der Waals surface area contributed by atoms with Crippen molar-refractivity contribution in [1.82, 2.24) is 0 Å². The first-order chi connectivity index (χ1) is 6.89. The van der Waals surface area contributed by atoms with E-state index < -0.39 is 17.9 Å². The summed E-state index contributed by atoms with van der Waals surface area (Å²) in [4.78, 5) is 0. The van der Waals surface area contributed by atoms with E-state index in [1.165, 1.54) is 19.1 Å². The van der Waals surface area contributed by atoms with Crippen molar-refractivity contribution in [1.29, 1.82) is 0 Å². The predicted molar refractivity (Wildman–Crippen MR) is 50.5 cm³/mol. The van der Waals surface area contributed by atoms with Gasteiger partial charge in [-0.2, -0.15) is 13.2 Å². The van der Waals surface area contributed by atoms with Gasteiger partial charge in [-0.05, 0) is 31.2 Å². The number of rotatable bonds is 3. The summed E-state index contributed by atoms with van der Waals surface area (Å²) in [6.07, 6.45) is -5.36. The number of nitrogens with one attached hydrogen (secondary N) is 1. The summed E-state index contributed by atoms with van der Waals surface area (Å²) in [5.74, 6) is 0. The molecule has 1 aromatic carbocycles. The molecule has 0 aliphatic rings. The van der Waals surface area contributed by atoms with E-state index in [1.807, 2.05) is 0 Å². The predicted octanol–water partition coefficient (Wildman–Crippen LogP) is 3.48. The van der Waals surface area contributed by atoms with Gasteiger partial charge in [-0.3, -0.25) is 0 Å². The smallest absolute Gasteiger partial charge is 0.382 e. The fraction of sp³-hybridized carbons (Fsp3) is 0.400. The van der Waals surface area contributed by atoms with Gasteiger partial charge < -0.3 is 5.32 Å². The zero-order valence-corrected chi connectivity index (χ0v) is 8.11. The Balaban J connectivity index is 2.65. The monoisotopic (exact) mass is 221 g/mol. The first-order valence-corrected chi connectivity index (χ1v) is 4.45. The number of halogens is 4. The minimum atomic E-state index is -4.33. The molecule has 0 amide bonds. The van der Waals surface area contributed by atoms with E-state index in [0.717, 1.165) is 12.1 Å². The number of anilines is 1. The number of alkyl halides is 4. The highest BCUT2D eigenvalue weighted by Gasteiger charge is 2.29. The molecule has 15 heavy (non-hydrogen) atoms. The lowest BCUT2D eigenvalue weighted by atomic mass is 10.2. The first kappa shape index (κ1) is 11.8. The third-order valence-corrected chi connectivity index (χ3v) is 1.80. The highest BCUT2D eigenvalue weighted by molar-refractivity contribution is 5.45. The summed E-state index contributed by atoms with van der Waals surface area (Å²) in [6.45, 7) is 1.46. The maximum Gasteiger partial charge on any atom is 0.416 e. The van der Waals surface area contributed by atoms with Gasteiger partial charge >= 0.3 is 6.18 Å². The lowest BCUT2D eigenvalue weighted by Crippen LogP contribution is -2.11. The summed E-state index contributed by atoms with van der Waals surface area (Å²) in [5.41, 5.74) is -0.228. The van der Waals surface area contributed by atoms with Crippen molar-refractivity contribution in [2.45, 2.75) is 19.3 Å². The van der Waals surface area contributed by atoms with Crippen molar-refractivity contribution in [2.75, 3.05) is 11.9 Å². The van der Waals surface area contributed by atoms with Crippen LogP contribution in [0.25, 0.3) is 0 Å². The van der Waals surface area contributed by atoms with Gasteiger partial charge in [0.25, 0.3) is 0 Å². The van der Waals surface area contributed by atoms with Crippen LogP contribution in [0, 0.1) is 0 Å². The zero-order valence-electron chi connectivity index (χ0n) is 8.11. The van der Waals surface area contributed by atoms with Crippen LogP contribution in [0.1, 0.15) is 12.5 Å². The molecule has 1 N–H and O–H groups in total. The van der Waals surface area contributed by atoms with Gasteiger partial charge in [0, 0.05) is 12.2 Å². The van der Waals surface area contributed by atoms with Gasteiger partial charge in [0.05, 0.1) is 5.56 Å². The summed E-state index contributed by atoms with van der Waals surface area (Å²) in [6, 6.07) is 4.49. The largest absolute Gasteiger partial charge is 0.416 e. The van der Waals surface area contributed by atoms with Gasteiger partial charge in [-0.25, -0.2) is 4.39 Å². The van der Waals surface area contributed by atoms with Crippen molar-refractivity contribution in [2.24, 2.45) is 0 Å². The Morgan fingerprint density at radius 2 is 1.73 bits per heavy atom. The highest BCUT2D eigenvalue weighted by atomic mass is 19.4. The van der Waals surface area contributed by atoms with Crippen LogP contribution >= 0.6 is 0 Å². The van der Waals surface area contributed by atoms with E-state index in [1.54, 1.807) is 0 Å². The molecule has 0 saturated carbocycles. The Hall–Kier alpha value is -1.26. The normalized spacial score (nSPS) is 13.7. The molecule has 1 aromatic rings. The summed E-state index contributed by atoms with van der Waals surface area (Å²) in [5, 5.41) is 2.68. The average molecular weight is 221 g/mol. The molecule has 0 aromatic heterocycles. The maximum absolute atomic E-state index is 12.4. The third kappa shape index (κ3) is 3.77. The molecule has 0 aliphatic carbocycles. The minimum absolute atomic E-state index is 0.0887. The van der Waals surface area contributed by atoms with Crippen LogP contribution in [0.15, 0.2) is 24.3 Å². The second-order valence-corrected chi connectivity index (χ2v) is 3.24. The topological polar surface area (TPSA) is 12.0 Å². The molecule has 1 nitrogen and oxygen atoms in total. The van der Waals surface area contributed by atoms with E-state index >= 15 is 0 Å². The second-order valence-electron chi connectivity index (χ2n) is 3.24. The molecule has 0 bridgehead atoms. The van der Waals surface area contributed by atoms with Crippen molar-refractivity contribution in [3.8, 4) is 0 Å². The van der Waals surface area contributed by atoms with Crippen molar-refractivity contribution >= 4 is 5.69 Å². The lowest BCUT2D eigenvalue weighted by molar-refractivity contribution is -0.137. The van der Waals surface area contributed by atoms with E-state index in [0.29, 0.717) is 5.69 Å². The molecule has 1 atom stereocenters. The van der Waals surface area contributed by atoms with Crippen LogP contribution in [0.3, 0.4) is 0 Å². The quantitative estimate of drug-likeness (QED) is 0.770. The second kappa shape index (κ2) is 4.51. The summed E-state index contributed by atoms with van der Waals surface area (Å²) >= 11 is 0. The molecular formula is C10H11F4N. The van der Waals surface area contributed by atoms with Crippen LogP contribution in [0.2, 0.25) is 0 Å². The van der Waals surface area contributed by atoms with Crippen LogP contribution in [0.5, 0.6) is 0 Å². The van der Waals surface area contributed by atoms with Gasteiger partial charge in [0.2, 0.25) is 0 Å². The number of hydrogen-bond donors (Lipinski definition) is 1. The van der Waals surface area contributed by atoms with Crippen LogP contribution in [0.4, 0.5) is 23.2 Å². The van der Waals surface area contributed by atoms with Gasteiger partial charge in [-0.1, -0.05) is 0 Å². The fourth-order valence-electron chi connectivity index (χ4n) is 1.04. The van der Waals surface area contributed by atoms with E-state index in [4.69, 9.17) is 0 Å². The lowest BCUT2D eigenvalue weighted by Gasteiger charge is -2.09. The Morgan fingerprint density at radius 1 is 1.20 bits per heavy atom. The average Bonchev–Trinajstić information content (AvgIpc) is 2.14.